The lowest BCUT2D eigenvalue weighted by molar-refractivity contribution is -0.131. The Hall–Kier alpha value is -1.81. The molecule has 26 heavy (non-hydrogen) atoms. The summed E-state index contributed by atoms with van der Waals surface area (Å²) in [4.78, 5) is 36.6. The summed E-state index contributed by atoms with van der Waals surface area (Å²) in [5, 5.41) is 14.9. The van der Waals surface area contributed by atoms with Gasteiger partial charge in [0.25, 0.3) is 0 Å². The van der Waals surface area contributed by atoms with Crippen LogP contribution in [0.3, 0.4) is 0 Å². The number of anilines is 1. The molecule has 0 saturated heterocycles. The molecular weight excluding hydrogens is 374 g/mol. The summed E-state index contributed by atoms with van der Waals surface area (Å²) in [6, 6.07) is -1.41. The van der Waals surface area contributed by atoms with Crippen LogP contribution in [0.5, 0.6) is 0 Å². The predicted molar refractivity (Wildman–Crippen MR) is 104 cm³/mol. The monoisotopic (exact) mass is 401 g/mol. The van der Waals surface area contributed by atoms with E-state index in [9.17, 15) is 14.4 Å². The molecule has 10 heteroatoms. The summed E-state index contributed by atoms with van der Waals surface area (Å²) < 4.78 is 0.451. The van der Waals surface area contributed by atoms with Gasteiger partial charge in [0, 0.05) is 6.92 Å². The smallest absolute Gasteiger partial charge is 0.248 e. The topological polar surface area (TPSA) is 116 Å². The molecule has 1 rings (SSSR count). The van der Waals surface area contributed by atoms with E-state index in [2.05, 4.69) is 26.1 Å². The van der Waals surface area contributed by atoms with Crippen molar-refractivity contribution in [1.29, 1.82) is 0 Å². The second kappa shape index (κ2) is 10.4. The lowest BCUT2D eigenvalue weighted by Gasteiger charge is -2.24. The molecule has 4 N–H and O–H groups in total. The van der Waals surface area contributed by atoms with Gasteiger partial charge in [-0.15, -0.1) is 5.10 Å². The van der Waals surface area contributed by atoms with Crippen LogP contribution in [0.1, 0.15) is 47.5 Å². The fourth-order valence-electron chi connectivity index (χ4n) is 2.40. The minimum atomic E-state index is -0.733. The van der Waals surface area contributed by atoms with Gasteiger partial charge in [0.1, 0.15) is 12.1 Å². The summed E-state index contributed by atoms with van der Waals surface area (Å²) >= 11 is 6.09. The van der Waals surface area contributed by atoms with Crippen molar-refractivity contribution in [2.45, 2.75) is 59.5 Å². The minimum absolute atomic E-state index is 0.188. The molecule has 0 saturated carbocycles. The molecule has 0 spiro atoms. The molecule has 2 atom stereocenters. The third-order valence-corrected chi connectivity index (χ3v) is 4.41. The Morgan fingerprint density at radius 2 is 1.58 bits per heavy atom. The van der Waals surface area contributed by atoms with E-state index in [0.717, 1.165) is 11.3 Å². The number of rotatable bonds is 9. The van der Waals surface area contributed by atoms with Crippen molar-refractivity contribution in [1.82, 2.24) is 20.8 Å². The van der Waals surface area contributed by atoms with Crippen LogP contribution < -0.4 is 16.0 Å². The number of carbonyl (C=O) groups excluding carboxylic acids is 3. The Labute approximate surface area is 162 Å². The van der Waals surface area contributed by atoms with Gasteiger partial charge in [0.2, 0.25) is 22.9 Å². The number of hydrogen-bond donors (Lipinski definition) is 4. The molecule has 8 nitrogen and oxygen atoms in total. The Balaban J connectivity index is 2.85. The fourth-order valence-corrected chi connectivity index (χ4v) is 3.19. The maximum atomic E-state index is 12.6. The molecule has 146 valence electrons. The van der Waals surface area contributed by atoms with Gasteiger partial charge in [-0.05, 0) is 36.9 Å². The zero-order valence-electron chi connectivity index (χ0n) is 15.7. The van der Waals surface area contributed by atoms with Gasteiger partial charge < -0.3 is 10.6 Å². The number of nitrogens with one attached hydrogen (secondary N) is 4. The minimum Gasteiger partial charge on any atom is -0.345 e. The fraction of sp³-hybridized carbons (Fsp3) is 0.688. The van der Waals surface area contributed by atoms with Gasteiger partial charge in [0.05, 0.1) is 0 Å². The number of H-pyrrole nitrogens is 1. The number of carbonyl (C=O) groups is 3. The Bertz CT molecular complexity index is 683. The first-order valence-corrected chi connectivity index (χ1v) is 9.74. The van der Waals surface area contributed by atoms with Crippen LogP contribution in [0.4, 0.5) is 5.13 Å². The van der Waals surface area contributed by atoms with Crippen molar-refractivity contribution in [2.24, 2.45) is 11.8 Å². The highest BCUT2D eigenvalue weighted by Gasteiger charge is 2.27. The summed E-state index contributed by atoms with van der Waals surface area (Å²) in [6.07, 6.45) is 0.948. The van der Waals surface area contributed by atoms with E-state index in [0.29, 0.717) is 21.9 Å². The molecule has 0 radical (unpaired) electrons. The zero-order chi connectivity index (χ0) is 19.9. The first kappa shape index (κ1) is 22.2. The van der Waals surface area contributed by atoms with Gasteiger partial charge in [-0.3, -0.25) is 24.8 Å². The molecule has 0 aliphatic heterocycles. The quantitative estimate of drug-likeness (QED) is 0.474. The lowest BCUT2D eigenvalue weighted by atomic mass is 10.00. The van der Waals surface area contributed by atoms with Crippen LogP contribution in [-0.2, 0) is 14.4 Å². The van der Waals surface area contributed by atoms with Crippen molar-refractivity contribution in [2.75, 3.05) is 5.32 Å². The van der Waals surface area contributed by atoms with Crippen LogP contribution in [0, 0.1) is 15.8 Å². The van der Waals surface area contributed by atoms with Crippen molar-refractivity contribution in [3.63, 3.8) is 0 Å². The molecule has 0 bridgehead atoms. The molecule has 0 aliphatic carbocycles. The normalized spacial score (nSPS) is 13.3. The number of amides is 3. The second-order valence-electron chi connectivity index (χ2n) is 6.98. The maximum Gasteiger partial charge on any atom is 0.248 e. The number of aromatic nitrogens is 2. The first-order valence-electron chi connectivity index (χ1n) is 8.52. The third-order valence-electron chi connectivity index (χ3n) is 3.41. The van der Waals surface area contributed by atoms with Crippen LogP contribution >= 0.6 is 23.6 Å². The Morgan fingerprint density at radius 3 is 2.00 bits per heavy atom. The Morgan fingerprint density at radius 1 is 1.04 bits per heavy atom. The molecule has 1 heterocycles. The van der Waals surface area contributed by atoms with E-state index < -0.39 is 12.1 Å². The molecule has 0 aromatic carbocycles. The summed E-state index contributed by atoms with van der Waals surface area (Å²) in [5.74, 6) is -0.619. The van der Waals surface area contributed by atoms with E-state index in [-0.39, 0.29) is 29.6 Å². The summed E-state index contributed by atoms with van der Waals surface area (Å²) in [7, 11) is 0. The lowest BCUT2D eigenvalue weighted by Crippen LogP contribution is -2.53. The molecular formula is C16H27N5O3S2. The summed E-state index contributed by atoms with van der Waals surface area (Å²) in [5.41, 5.74) is 0. The van der Waals surface area contributed by atoms with E-state index in [4.69, 9.17) is 12.2 Å². The van der Waals surface area contributed by atoms with Crippen molar-refractivity contribution in [3.05, 3.63) is 3.95 Å². The second-order valence-corrected chi connectivity index (χ2v) is 8.65. The van der Waals surface area contributed by atoms with Gasteiger partial charge in [-0.1, -0.05) is 39.0 Å². The summed E-state index contributed by atoms with van der Waals surface area (Å²) in [6.45, 7) is 9.22. The van der Waals surface area contributed by atoms with Crippen LogP contribution in [0.25, 0.3) is 0 Å². The van der Waals surface area contributed by atoms with Gasteiger partial charge in [-0.25, -0.2) is 0 Å². The molecule has 1 aromatic heterocycles. The highest BCUT2D eigenvalue weighted by atomic mass is 32.1. The molecule has 3 amide bonds. The predicted octanol–water partition coefficient (Wildman–Crippen LogP) is 2.22. The molecule has 0 aliphatic rings. The van der Waals surface area contributed by atoms with Crippen molar-refractivity contribution in [3.8, 4) is 0 Å². The highest BCUT2D eigenvalue weighted by Crippen LogP contribution is 2.14. The van der Waals surface area contributed by atoms with Crippen molar-refractivity contribution >= 4 is 46.4 Å². The number of aromatic amines is 1. The largest absolute Gasteiger partial charge is 0.345 e. The van der Waals surface area contributed by atoms with Gasteiger partial charge in [0.15, 0.2) is 3.95 Å². The third kappa shape index (κ3) is 8.05. The average molecular weight is 402 g/mol. The van der Waals surface area contributed by atoms with Gasteiger partial charge >= 0.3 is 0 Å². The number of nitrogens with zero attached hydrogens (tertiary/aromatic N) is 1. The van der Waals surface area contributed by atoms with E-state index in [1.165, 1.54) is 6.92 Å². The van der Waals surface area contributed by atoms with Crippen LogP contribution in [0.2, 0.25) is 0 Å². The number of hydrogen-bond acceptors (Lipinski definition) is 6. The Kier molecular flexibility index (Phi) is 8.86. The zero-order valence-corrected chi connectivity index (χ0v) is 17.3. The first-order chi connectivity index (χ1) is 12.1. The van der Waals surface area contributed by atoms with Gasteiger partial charge in [-0.2, -0.15) is 0 Å². The highest BCUT2D eigenvalue weighted by molar-refractivity contribution is 7.73. The van der Waals surface area contributed by atoms with E-state index in [1.54, 1.807) is 0 Å². The molecule has 2 unspecified atom stereocenters. The van der Waals surface area contributed by atoms with E-state index >= 15 is 0 Å². The standard InChI is InChI=1S/C16H27N5O3S2/c1-8(2)6-11(17-10(5)22)13(23)18-12(7-9(3)4)14(24)19-15-20-21-16(25)26-15/h8-9,11-12H,6-7H2,1-5H3,(H,17,22)(H,18,23)(H,21,25)(H,19,20,24). The molecule has 1 aromatic rings. The molecule has 0 fully saturated rings. The average Bonchev–Trinajstić information content (AvgIpc) is 2.89. The maximum absolute atomic E-state index is 12.6. The SMILES string of the molecule is CC(=O)NC(CC(C)C)C(=O)NC(CC(C)C)C(=O)Nc1n[nH]c(=S)s1. The van der Waals surface area contributed by atoms with Crippen molar-refractivity contribution < 1.29 is 14.4 Å². The van der Waals surface area contributed by atoms with Crippen LogP contribution in [-0.4, -0.2) is 40.0 Å². The van der Waals surface area contributed by atoms with E-state index in [1.807, 2.05) is 27.7 Å². The van der Waals surface area contributed by atoms with Crippen LogP contribution in [0.15, 0.2) is 0 Å².